The molecule has 0 radical (unpaired) electrons. The van der Waals surface area contributed by atoms with Crippen LogP contribution in [0.5, 0.6) is 0 Å². The van der Waals surface area contributed by atoms with E-state index in [1.54, 1.807) is 24.3 Å². The van der Waals surface area contributed by atoms with Gasteiger partial charge < -0.3 is 5.32 Å². The Labute approximate surface area is 138 Å². The standard InChI is InChI=1S/C15H9F3N4OS/c16-15(17,18)14-22-12(8-24-14)9-1-3-10(4-2-9)21-13(23)11-7-19-5-6-20-11/h1-8H,(H,21,23). The van der Waals surface area contributed by atoms with E-state index < -0.39 is 17.1 Å². The molecule has 24 heavy (non-hydrogen) atoms. The fourth-order valence-electron chi connectivity index (χ4n) is 1.87. The second kappa shape index (κ2) is 6.36. The largest absolute Gasteiger partial charge is 0.443 e. The lowest BCUT2D eigenvalue weighted by atomic mass is 10.1. The highest BCUT2D eigenvalue weighted by molar-refractivity contribution is 7.10. The summed E-state index contributed by atoms with van der Waals surface area (Å²) in [4.78, 5) is 23.2. The number of carbonyl (C=O) groups excluding carboxylic acids is 1. The van der Waals surface area contributed by atoms with Crippen molar-refractivity contribution < 1.29 is 18.0 Å². The van der Waals surface area contributed by atoms with E-state index in [1.165, 1.54) is 24.0 Å². The van der Waals surface area contributed by atoms with Crippen molar-refractivity contribution in [2.24, 2.45) is 0 Å². The number of nitrogens with one attached hydrogen (secondary N) is 1. The van der Waals surface area contributed by atoms with Gasteiger partial charge in [0.1, 0.15) is 5.69 Å². The molecule has 1 amide bonds. The Bertz CT molecular complexity index is 847. The van der Waals surface area contributed by atoms with Gasteiger partial charge >= 0.3 is 6.18 Å². The number of halogens is 3. The van der Waals surface area contributed by atoms with Gasteiger partial charge in [-0.3, -0.25) is 9.78 Å². The van der Waals surface area contributed by atoms with Crippen molar-refractivity contribution in [3.8, 4) is 11.3 Å². The van der Waals surface area contributed by atoms with Gasteiger partial charge in [-0.25, -0.2) is 9.97 Å². The number of amides is 1. The van der Waals surface area contributed by atoms with E-state index in [4.69, 9.17) is 0 Å². The zero-order chi connectivity index (χ0) is 17.2. The molecule has 0 spiro atoms. The first-order valence-corrected chi connectivity index (χ1v) is 7.52. The molecule has 1 N–H and O–H groups in total. The van der Waals surface area contributed by atoms with Crippen molar-refractivity contribution in [3.63, 3.8) is 0 Å². The number of carbonyl (C=O) groups is 1. The molecule has 9 heteroatoms. The summed E-state index contributed by atoms with van der Waals surface area (Å²) in [5.74, 6) is -0.427. The Morgan fingerprint density at radius 3 is 2.46 bits per heavy atom. The predicted octanol–water partition coefficient (Wildman–Crippen LogP) is 3.87. The van der Waals surface area contributed by atoms with Gasteiger partial charge in [-0.15, -0.1) is 11.3 Å². The molecule has 0 atom stereocenters. The van der Waals surface area contributed by atoms with E-state index in [-0.39, 0.29) is 11.4 Å². The van der Waals surface area contributed by atoms with Crippen LogP contribution in [0.25, 0.3) is 11.3 Å². The van der Waals surface area contributed by atoms with Crippen LogP contribution < -0.4 is 5.32 Å². The average Bonchev–Trinajstić information content (AvgIpc) is 3.07. The van der Waals surface area contributed by atoms with E-state index in [0.29, 0.717) is 22.6 Å². The van der Waals surface area contributed by atoms with Crippen LogP contribution in [0.15, 0.2) is 48.2 Å². The zero-order valence-electron chi connectivity index (χ0n) is 11.9. The number of anilines is 1. The van der Waals surface area contributed by atoms with Gasteiger partial charge in [0.2, 0.25) is 0 Å². The zero-order valence-corrected chi connectivity index (χ0v) is 12.7. The van der Waals surface area contributed by atoms with Crippen LogP contribution in [-0.4, -0.2) is 20.9 Å². The first kappa shape index (κ1) is 16.1. The van der Waals surface area contributed by atoms with Crippen molar-refractivity contribution in [3.05, 3.63) is 58.9 Å². The topological polar surface area (TPSA) is 67.8 Å². The Morgan fingerprint density at radius 2 is 1.88 bits per heavy atom. The monoisotopic (exact) mass is 350 g/mol. The minimum atomic E-state index is -4.45. The quantitative estimate of drug-likeness (QED) is 0.779. The summed E-state index contributed by atoms with van der Waals surface area (Å²) >= 11 is 0.542. The van der Waals surface area contributed by atoms with E-state index in [0.717, 1.165) is 0 Å². The van der Waals surface area contributed by atoms with Crippen molar-refractivity contribution in [1.29, 1.82) is 0 Å². The summed E-state index contributed by atoms with van der Waals surface area (Å²) in [5, 5.41) is 3.08. The summed E-state index contributed by atoms with van der Waals surface area (Å²) in [6.45, 7) is 0. The number of benzene rings is 1. The van der Waals surface area contributed by atoms with Gasteiger partial charge in [0, 0.05) is 29.0 Å². The second-order valence-electron chi connectivity index (χ2n) is 4.66. The number of rotatable bonds is 3. The summed E-state index contributed by atoms with van der Waals surface area (Å²) in [5.41, 5.74) is 1.41. The molecule has 2 heterocycles. The first-order valence-electron chi connectivity index (χ1n) is 6.64. The van der Waals surface area contributed by atoms with Gasteiger partial charge in [-0.1, -0.05) is 12.1 Å². The molecule has 3 rings (SSSR count). The predicted molar refractivity (Wildman–Crippen MR) is 82.5 cm³/mol. The first-order chi connectivity index (χ1) is 11.4. The van der Waals surface area contributed by atoms with E-state index in [1.807, 2.05) is 0 Å². The van der Waals surface area contributed by atoms with Crippen LogP contribution in [0.1, 0.15) is 15.5 Å². The molecule has 122 valence electrons. The summed E-state index contributed by atoms with van der Waals surface area (Å²) in [7, 11) is 0. The number of nitrogens with zero attached hydrogens (tertiary/aromatic N) is 3. The minimum absolute atomic E-state index is 0.163. The second-order valence-corrected chi connectivity index (χ2v) is 5.52. The summed E-state index contributed by atoms with van der Waals surface area (Å²) in [6, 6.07) is 6.33. The third kappa shape index (κ3) is 3.57. The van der Waals surface area contributed by atoms with E-state index in [2.05, 4.69) is 20.3 Å². The molecule has 0 aliphatic rings. The number of aromatic nitrogens is 3. The van der Waals surface area contributed by atoms with Gasteiger partial charge in [0.25, 0.3) is 5.91 Å². The lowest BCUT2D eigenvalue weighted by Gasteiger charge is -2.05. The van der Waals surface area contributed by atoms with Crippen LogP contribution in [0.2, 0.25) is 0 Å². The Morgan fingerprint density at radius 1 is 1.12 bits per heavy atom. The van der Waals surface area contributed by atoms with Crippen molar-refractivity contribution in [2.45, 2.75) is 6.18 Å². The Kier molecular flexibility index (Phi) is 4.26. The SMILES string of the molecule is O=C(Nc1ccc(-c2csc(C(F)(F)F)n2)cc1)c1cnccn1. The van der Waals surface area contributed by atoms with Gasteiger partial charge in [0.15, 0.2) is 5.01 Å². The lowest BCUT2D eigenvalue weighted by Crippen LogP contribution is -2.13. The fraction of sp³-hybridized carbons (Fsp3) is 0.0667. The molecule has 5 nitrogen and oxygen atoms in total. The molecule has 0 bridgehead atoms. The molecule has 0 saturated heterocycles. The van der Waals surface area contributed by atoms with Crippen molar-refractivity contribution in [2.75, 3.05) is 5.32 Å². The van der Waals surface area contributed by atoms with Crippen LogP contribution >= 0.6 is 11.3 Å². The third-order valence-corrected chi connectivity index (χ3v) is 3.87. The van der Waals surface area contributed by atoms with E-state index >= 15 is 0 Å². The minimum Gasteiger partial charge on any atom is -0.321 e. The maximum absolute atomic E-state index is 12.6. The van der Waals surface area contributed by atoms with E-state index in [9.17, 15) is 18.0 Å². The van der Waals surface area contributed by atoms with Crippen molar-refractivity contribution >= 4 is 22.9 Å². The normalized spacial score (nSPS) is 11.3. The van der Waals surface area contributed by atoms with Crippen LogP contribution in [0.3, 0.4) is 0 Å². The molecule has 0 aliphatic carbocycles. The van der Waals surface area contributed by atoms with Crippen LogP contribution in [-0.2, 0) is 6.18 Å². The lowest BCUT2D eigenvalue weighted by molar-refractivity contribution is -0.137. The third-order valence-electron chi connectivity index (χ3n) is 2.98. The maximum atomic E-state index is 12.6. The molecule has 3 aromatic rings. The number of thiazole rings is 1. The fourth-order valence-corrected chi connectivity index (χ4v) is 2.57. The maximum Gasteiger partial charge on any atom is 0.443 e. The number of alkyl halides is 3. The smallest absolute Gasteiger partial charge is 0.321 e. The van der Waals surface area contributed by atoms with Gasteiger partial charge in [-0.2, -0.15) is 13.2 Å². The number of hydrogen-bond donors (Lipinski definition) is 1. The molecular formula is C15H9F3N4OS. The molecule has 2 aromatic heterocycles. The molecule has 0 aliphatic heterocycles. The highest BCUT2D eigenvalue weighted by atomic mass is 32.1. The Hall–Kier alpha value is -2.81. The Balaban J connectivity index is 1.74. The average molecular weight is 350 g/mol. The highest BCUT2D eigenvalue weighted by Crippen LogP contribution is 2.34. The molecular weight excluding hydrogens is 341 g/mol. The highest BCUT2D eigenvalue weighted by Gasteiger charge is 2.34. The van der Waals surface area contributed by atoms with Gasteiger partial charge in [0.05, 0.1) is 11.9 Å². The summed E-state index contributed by atoms with van der Waals surface area (Å²) < 4.78 is 37.7. The molecule has 1 aromatic carbocycles. The molecule has 0 saturated carbocycles. The van der Waals surface area contributed by atoms with Crippen LogP contribution in [0, 0.1) is 0 Å². The molecule has 0 fully saturated rings. The van der Waals surface area contributed by atoms with Crippen LogP contribution in [0.4, 0.5) is 18.9 Å². The number of hydrogen-bond acceptors (Lipinski definition) is 5. The van der Waals surface area contributed by atoms with Gasteiger partial charge in [-0.05, 0) is 12.1 Å². The van der Waals surface area contributed by atoms with Crippen molar-refractivity contribution in [1.82, 2.24) is 15.0 Å². The summed E-state index contributed by atoms with van der Waals surface area (Å²) in [6.07, 6.45) is -0.266. The molecule has 0 unspecified atom stereocenters.